The van der Waals surface area contributed by atoms with E-state index in [9.17, 15) is 0 Å². The van der Waals surface area contributed by atoms with Crippen LogP contribution in [-0.4, -0.2) is 4.98 Å². The van der Waals surface area contributed by atoms with Crippen molar-refractivity contribution < 1.29 is 4.42 Å². The highest BCUT2D eigenvalue weighted by atomic mass is 16.3. The van der Waals surface area contributed by atoms with E-state index in [1.807, 2.05) is 37.3 Å². The zero-order chi connectivity index (χ0) is 12.5. The molecule has 0 aliphatic carbocycles. The zero-order valence-electron chi connectivity index (χ0n) is 10.1. The van der Waals surface area contributed by atoms with Crippen molar-refractivity contribution in [1.82, 2.24) is 4.98 Å². The van der Waals surface area contributed by atoms with Gasteiger partial charge in [-0.3, -0.25) is 4.98 Å². The van der Waals surface area contributed by atoms with Gasteiger partial charge in [0.2, 0.25) is 0 Å². The molecular weight excluding hydrogens is 224 g/mol. The van der Waals surface area contributed by atoms with Gasteiger partial charge in [0, 0.05) is 17.1 Å². The summed E-state index contributed by atoms with van der Waals surface area (Å²) in [6.45, 7) is 1.93. The fourth-order valence-corrected chi connectivity index (χ4v) is 2.18. The second-order valence-corrected chi connectivity index (χ2v) is 4.37. The SMILES string of the molecule is Cc1occc1C(N)c1ccc2ncccc2c1. The Bertz CT molecular complexity index is 688. The van der Waals surface area contributed by atoms with Crippen LogP contribution in [0.15, 0.2) is 53.3 Å². The van der Waals surface area contributed by atoms with Gasteiger partial charge in [-0.15, -0.1) is 0 Å². The van der Waals surface area contributed by atoms with Crippen LogP contribution in [0.3, 0.4) is 0 Å². The van der Waals surface area contributed by atoms with E-state index in [2.05, 4.69) is 11.1 Å². The van der Waals surface area contributed by atoms with Crippen LogP contribution in [0, 0.1) is 6.92 Å². The van der Waals surface area contributed by atoms with Gasteiger partial charge >= 0.3 is 0 Å². The molecule has 18 heavy (non-hydrogen) atoms. The highest BCUT2D eigenvalue weighted by Gasteiger charge is 2.13. The minimum absolute atomic E-state index is 0.159. The average molecular weight is 238 g/mol. The van der Waals surface area contributed by atoms with Gasteiger partial charge in [-0.2, -0.15) is 0 Å². The second-order valence-electron chi connectivity index (χ2n) is 4.37. The van der Waals surface area contributed by atoms with Crippen LogP contribution < -0.4 is 5.73 Å². The maximum absolute atomic E-state index is 6.27. The Morgan fingerprint density at radius 1 is 1.22 bits per heavy atom. The lowest BCUT2D eigenvalue weighted by Crippen LogP contribution is -2.11. The lowest BCUT2D eigenvalue weighted by Gasteiger charge is -2.12. The van der Waals surface area contributed by atoms with Crippen LogP contribution >= 0.6 is 0 Å². The van der Waals surface area contributed by atoms with E-state index < -0.39 is 0 Å². The first kappa shape index (κ1) is 11.0. The van der Waals surface area contributed by atoms with Crippen LogP contribution in [0.1, 0.15) is 22.9 Å². The van der Waals surface area contributed by atoms with Crippen LogP contribution in [0.2, 0.25) is 0 Å². The molecule has 0 spiro atoms. The Labute approximate surface area is 105 Å². The number of fused-ring (bicyclic) bond motifs is 1. The molecule has 0 aliphatic rings. The Hall–Kier alpha value is -2.13. The van der Waals surface area contributed by atoms with Crippen molar-refractivity contribution in [3.63, 3.8) is 0 Å². The molecule has 2 N–H and O–H groups in total. The summed E-state index contributed by atoms with van der Waals surface area (Å²) in [6.07, 6.45) is 3.47. The highest BCUT2D eigenvalue weighted by molar-refractivity contribution is 5.79. The van der Waals surface area contributed by atoms with Gasteiger partial charge in [-0.05, 0) is 36.8 Å². The first-order chi connectivity index (χ1) is 8.75. The number of hydrogen-bond acceptors (Lipinski definition) is 3. The van der Waals surface area contributed by atoms with Crippen molar-refractivity contribution in [2.75, 3.05) is 0 Å². The van der Waals surface area contributed by atoms with Crippen molar-refractivity contribution >= 4 is 10.9 Å². The second kappa shape index (κ2) is 4.27. The van der Waals surface area contributed by atoms with Crippen molar-refractivity contribution in [3.8, 4) is 0 Å². The van der Waals surface area contributed by atoms with Crippen molar-refractivity contribution in [2.45, 2.75) is 13.0 Å². The molecular formula is C15H14N2O. The molecule has 3 nitrogen and oxygen atoms in total. The third-order valence-corrected chi connectivity index (χ3v) is 3.22. The molecule has 2 heterocycles. The van der Waals surface area contributed by atoms with Gasteiger partial charge in [-0.25, -0.2) is 0 Å². The molecule has 1 atom stereocenters. The molecule has 0 saturated heterocycles. The standard InChI is InChI=1S/C15H14N2O/c1-10-13(6-8-18-10)15(16)12-4-5-14-11(9-12)3-2-7-17-14/h2-9,15H,16H2,1H3. The van der Waals surface area contributed by atoms with E-state index in [-0.39, 0.29) is 6.04 Å². The molecule has 3 aromatic rings. The molecule has 2 aromatic heterocycles. The van der Waals surface area contributed by atoms with Crippen molar-refractivity contribution in [1.29, 1.82) is 0 Å². The number of benzene rings is 1. The molecule has 0 saturated carbocycles. The first-order valence-electron chi connectivity index (χ1n) is 5.90. The summed E-state index contributed by atoms with van der Waals surface area (Å²) in [5, 5.41) is 1.10. The van der Waals surface area contributed by atoms with E-state index >= 15 is 0 Å². The highest BCUT2D eigenvalue weighted by Crippen LogP contribution is 2.25. The quantitative estimate of drug-likeness (QED) is 0.746. The normalized spacial score (nSPS) is 12.8. The summed E-state index contributed by atoms with van der Waals surface area (Å²) in [5.41, 5.74) is 9.35. The largest absolute Gasteiger partial charge is 0.469 e. The van der Waals surface area contributed by atoms with Crippen molar-refractivity contribution in [3.05, 3.63) is 65.7 Å². The summed E-state index contributed by atoms with van der Waals surface area (Å²) in [6, 6.07) is 11.8. The summed E-state index contributed by atoms with van der Waals surface area (Å²) >= 11 is 0. The van der Waals surface area contributed by atoms with Gasteiger partial charge in [0.15, 0.2) is 0 Å². The smallest absolute Gasteiger partial charge is 0.105 e. The van der Waals surface area contributed by atoms with Crippen molar-refractivity contribution in [2.24, 2.45) is 5.73 Å². The average Bonchev–Trinajstić information content (AvgIpc) is 2.83. The van der Waals surface area contributed by atoms with E-state index in [1.54, 1.807) is 12.5 Å². The first-order valence-corrected chi connectivity index (χ1v) is 5.90. The summed E-state index contributed by atoms with van der Waals surface area (Å²) < 4.78 is 5.30. The third-order valence-electron chi connectivity index (χ3n) is 3.22. The topological polar surface area (TPSA) is 52.0 Å². The molecule has 0 amide bonds. The predicted octanol–water partition coefficient (Wildman–Crippen LogP) is 3.18. The lowest BCUT2D eigenvalue weighted by atomic mass is 9.99. The van der Waals surface area contributed by atoms with E-state index in [1.165, 1.54) is 0 Å². The Morgan fingerprint density at radius 3 is 2.89 bits per heavy atom. The minimum atomic E-state index is -0.159. The van der Waals surface area contributed by atoms with Gasteiger partial charge < -0.3 is 10.2 Å². The Kier molecular flexibility index (Phi) is 2.61. The molecule has 3 rings (SSSR count). The minimum Gasteiger partial charge on any atom is -0.469 e. The van der Waals surface area contributed by atoms with Crippen LogP contribution in [0.25, 0.3) is 10.9 Å². The maximum atomic E-state index is 6.27. The fraction of sp³-hybridized carbons (Fsp3) is 0.133. The van der Waals surface area contributed by atoms with Gasteiger partial charge in [0.1, 0.15) is 5.76 Å². The number of hydrogen-bond donors (Lipinski definition) is 1. The zero-order valence-corrected chi connectivity index (χ0v) is 10.1. The predicted molar refractivity (Wildman–Crippen MR) is 71.2 cm³/mol. The molecule has 1 aromatic carbocycles. The molecule has 0 radical (unpaired) electrons. The number of rotatable bonds is 2. The number of furan rings is 1. The number of aromatic nitrogens is 1. The molecule has 0 bridgehead atoms. The summed E-state index contributed by atoms with van der Waals surface area (Å²) in [7, 11) is 0. The van der Waals surface area contributed by atoms with E-state index in [0.717, 1.165) is 27.8 Å². The maximum Gasteiger partial charge on any atom is 0.105 e. The van der Waals surface area contributed by atoms with Gasteiger partial charge in [-0.1, -0.05) is 12.1 Å². The Balaban J connectivity index is 2.07. The lowest BCUT2D eigenvalue weighted by molar-refractivity contribution is 0.527. The number of aryl methyl sites for hydroxylation is 1. The molecule has 1 unspecified atom stereocenters. The Morgan fingerprint density at radius 2 is 2.11 bits per heavy atom. The number of nitrogens with zero attached hydrogens (tertiary/aromatic N) is 1. The van der Waals surface area contributed by atoms with Gasteiger partial charge in [0.05, 0.1) is 17.8 Å². The third kappa shape index (κ3) is 1.79. The van der Waals surface area contributed by atoms with E-state index in [4.69, 9.17) is 10.2 Å². The molecule has 3 heteroatoms. The van der Waals surface area contributed by atoms with Crippen LogP contribution in [0.4, 0.5) is 0 Å². The molecule has 0 fully saturated rings. The van der Waals surface area contributed by atoms with Gasteiger partial charge in [0.25, 0.3) is 0 Å². The van der Waals surface area contributed by atoms with E-state index in [0.29, 0.717) is 0 Å². The summed E-state index contributed by atoms with van der Waals surface area (Å²) in [4.78, 5) is 4.30. The van der Waals surface area contributed by atoms with Crippen LogP contribution in [-0.2, 0) is 0 Å². The van der Waals surface area contributed by atoms with Crippen LogP contribution in [0.5, 0.6) is 0 Å². The monoisotopic (exact) mass is 238 g/mol. The fourth-order valence-electron chi connectivity index (χ4n) is 2.18. The summed E-state index contributed by atoms with van der Waals surface area (Å²) in [5.74, 6) is 0.869. The molecule has 90 valence electrons. The number of pyridine rings is 1. The number of nitrogens with two attached hydrogens (primary N) is 1. The molecule has 0 aliphatic heterocycles.